The maximum Gasteiger partial charge on any atom is 0.410 e. The number of carbonyl (C=O) groups is 1. The Balaban J connectivity index is 1.80. The molecule has 1 N–H and O–H groups in total. The summed E-state index contributed by atoms with van der Waals surface area (Å²) >= 11 is 0. The van der Waals surface area contributed by atoms with Crippen molar-refractivity contribution in [2.75, 3.05) is 39.8 Å². The van der Waals surface area contributed by atoms with Gasteiger partial charge in [-0.1, -0.05) is 6.42 Å². The molecular formula is C16H30N4O2. The number of rotatable bonds is 2. The Morgan fingerprint density at radius 1 is 1.36 bits per heavy atom. The smallest absolute Gasteiger partial charge is 0.410 e. The van der Waals surface area contributed by atoms with Crippen LogP contribution in [0.3, 0.4) is 0 Å². The van der Waals surface area contributed by atoms with Crippen molar-refractivity contribution in [3.8, 4) is 0 Å². The number of nitrogens with one attached hydrogen (secondary N) is 1. The van der Waals surface area contributed by atoms with E-state index in [2.05, 4.69) is 22.3 Å². The second kappa shape index (κ2) is 7.31. The molecule has 2 rings (SSSR count). The van der Waals surface area contributed by atoms with Gasteiger partial charge in [0.25, 0.3) is 0 Å². The molecule has 0 aliphatic carbocycles. The predicted octanol–water partition coefficient (Wildman–Crippen LogP) is 1.71. The Morgan fingerprint density at radius 2 is 2.14 bits per heavy atom. The molecule has 6 nitrogen and oxygen atoms in total. The number of likely N-dealkylation sites (tertiary alicyclic amines) is 1. The number of piperidine rings is 1. The van der Waals surface area contributed by atoms with Crippen molar-refractivity contribution in [1.29, 1.82) is 0 Å². The van der Waals surface area contributed by atoms with Gasteiger partial charge in [-0.05, 0) is 47.2 Å². The van der Waals surface area contributed by atoms with Gasteiger partial charge in [0.2, 0.25) is 0 Å². The lowest BCUT2D eigenvalue weighted by molar-refractivity contribution is 0.0276. The van der Waals surface area contributed by atoms with E-state index < -0.39 is 5.60 Å². The van der Waals surface area contributed by atoms with Crippen LogP contribution in [0.2, 0.25) is 0 Å². The van der Waals surface area contributed by atoms with Crippen LogP contribution in [0.1, 0.15) is 40.0 Å². The summed E-state index contributed by atoms with van der Waals surface area (Å²) in [4.78, 5) is 20.8. The van der Waals surface area contributed by atoms with Crippen molar-refractivity contribution in [2.24, 2.45) is 4.99 Å². The molecule has 126 valence electrons. The maximum atomic E-state index is 12.1. The van der Waals surface area contributed by atoms with E-state index in [9.17, 15) is 4.79 Å². The second-order valence-corrected chi connectivity index (χ2v) is 7.24. The average molecular weight is 310 g/mol. The largest absolute Gasteiger partial charge is 0.444 e. The zero-order valence-electron chi connectivity index (χ0n) is 14.4. The van der Waals surface area contributed by atoms with Crippen molar-refractivity contribution in [2.45, 2.75) is 51.7 Å². The van der Waals surface area contributed by atoms with Gasteiger partial charge in [-0.25, -0.2) is 4.79 Å². The van der Waals surface area contributed by atoms with Crippen LogP contribution in [-0.2, 0) is 4.74 Å². The molecule has 0 aromatic rings. The molecule has 0 aromatic heterocycles. The molecular weight excluding hydrogens is 280 g/mol. The van der Waals surface area contributed by atoms with E-state index >= 15 is 0 Å². The number of hydrogen-bond donors (Lipinski definition) is 1. The molecule has 2 aliphatic heterocycles. The molecule has 2 heterocycles. The van der Waals surface area contributed by atoms with E-state index in [4.69, 9.17) is 4.74 Å². The fourth-order valence-electron chi connectivity index (χ4n) is 2.85. The Kier molecular flexibility index (Phi) is 5.67. The van der Waals surface area contributed by atoms with Gasteiger partial charge in [-0.2, -0.15) is 0 Å². The Bertz CT molecular complexity index is 417. The second-order valence-electron chi connectivity index (χ2n) is 7.24. The van der Waals surface area contributed by atoms with Crippen molar-refractivity contribution in [1.82, 2.24) is 15.1 Å². The summed E-state index contributed by atoms with van der Waals surface area (Å²) in [6.45, 7) is 9.53. The molecule has 1 amide bonds. The van der Waals surface area contributed by atoms with Crippen LogP contribution in [0.25, 0.3) is 0 Å². The Hall–Kier alpha value is -1.30. The highest BCUT2D eigenvalue weighted by Crippen LogP contribution is 2.14. The molecule has 1 unspecified atom stereocenters. The van der Waals surface area contributed by atoms with E-state index in [0.29, 0.717) is 25.7 Å². The van der Waals surface area contributed by atoms with Gasteiger partial charge in [0.1, 0.15) is 11.4 Å². The molecule has 0 radical (unpaired) electrons. The van der Waals surface area contributed by atoms with Crippen molar-refractivity contribution in [3.63, 3.8) is 0 Å². The topological polar surface area (TPSA) is 57.2 Å². The molecule has 1 atom stereocenters. The fourth-order valence-corrected chi connectivity index (χ4v) is 2.85. The van der Waals surface area contributed by atoms with Gasteiger partial charge in [-0.15, -0.1) is 0 Å². The Morgan fingerprint density at radius 3 is 2.82 bits per heavy atom. The number of nitrogens with zero attached hydrogens (tertiary/aromatic N) is 3. The third-order valence-electron chi connectivity index (χ3n) is 4.13. The van der Waals surface area contributed by atoms with E-state index in [-0.39, 0.29) is 6.09 Å². The standard InChI is InChI=1S/C16H30N4O2/c1-16(2,3)22-15(21)20-10-8-17-14(12-20)18-11-13-7-5-6-9-19(13)4/h13H,5-12H2,1-4H3,(H,17,18). The highest BCUT2D eigenvalue weighted by molar-refractivity contribution is 5.87. The number of amides is 1. The molecule has 22 heavy (non-hydrogen) atoms. The SMILES string of the molecule is CN1CCCCC1CNC1=NCCN(C(=O)OC(C)(C)C)C1. The normalized spacial score (nSPS) is 23.9. The van der Waals surface area contributed by atoms with E-state index in [1.54, 1.807) is 4.90 Å². The van der Waals surface area contributed by atoms with Gasteiger partial charge in [0, 0.05) is 19.1 Å². The number of aliphatic imine (C=N–C) groups is 1. The van der Waals surface area contributed by atoms with Gasteiger partial charge in [0.05, 0.1) is 13.1 Å². The van der Waals surface area contributed by atoms with Gasteiger partial charge < -0.3 is 15.0 Å². The first-order valence-electron chi connectivity index (χ1n) is 8.30. The summed E-state index contributed by atoms with van der Waals surface area (Å²) in [7, 11) is 2.18. The number of carbonyl (C=O) groups excluding carboxylic acids is 1. The first kappa shape index (κ1) is 17.1. The van der Waals surface area contributed by atoms with E-state index in [1.165, 1.54) is 25.8 Å². The molecule has 0 spiro atoms. The summed E-state index contributed by atoms with van der Waals surface area (Å²) in [6.07, 6.45) is 3.57. The Labute approximate surface area is 133 Å². The summed E-state index contributed by atoms with van der Waals surface area (Å²) in [5.41, 5.74) is -0.454. The van der Waals surface area contributed by atoms with Crippen LogP contribution < -0.4 is 5.32 Å². The van der Waals surface area contributed by atoms with Crippen LogP contribution >= 0.6 is 0 Å². The molecule has 6 heteroatoms. The average Bonchev–Trinajstić information content (AvgIpc) is 2.45. The zero-order valence-corrected chi connectivity index (χ0v) is 14.4. The molecule has 2 aliphatic rings. The minimum absolute atomic E-state index is 0.253. The quantitative estimate of drug-likeness (QED) is 0.843. The summed E-state index contributed by atoms with van der Waals surface area (Å²) < 4.78 is 5.43. The number of amidine groups is 1. The maximum absolute atomic E-state index is 12.1. The van der Waals surface area contributed by atoms with Crippen LogP contribution in [-0.4, -0.2) is 73.1 Å². The predicted molar refractivity (Wildman–Crippen MR) is 88.4 cm³/mol. The van der Waals surface area contributed by atoms with Crippen molar-refractivity contribution < 1.29 is 9.53 Å². The summed E-state index contributed by atoms with van der Waals surface area (Å²) in [6, 6.07) is 0.563. The van der Waals surface area contributed by atoms with Gasteiger partial charge in [-0.3, -0.25) is 9.89 Å². The molecule has 0 bridgehead atoms. The van der Waals surface area contributed by atoms with Crippen LogP contribution in [0, 0.1) is 0 Å². The van der Waals surface area contributed by atoms with E-state index in [1.807, 2.05) is 20.8 Å². The van der Waals surface area contributed by atoms with Gasteiger partial charge in [0.15, 0.2) is 0 Å². The molecule has 1 saturated heterocycles. The highest BCUT2D eigenvalue weighted by Gasteiger charge is 2.25. The summed E-state index contributed by atoms with van der Waals surface area (Å²) in [5.74, 6) is 0.899. The van der Waals surface area contributed by atoms with Gasteiger partial charge >= 0.3 is 6.09 Å². The lowest BCUT2D eigenvalue weighted by atomic mass is 10.0. The van der Waals surface area contributed by atoms with Crippen LogP contribution in [0.4, 0.5) is 4.79 Å². The molecule has 0 saturated carbocycles. The van der Waals surface area contributed by atoms with E-state index in [0.717, 1.165) is 12.4 Å². The molecule has 0 aromatic carbocycles. The fraction of sp³-hybridized carbons (Fsp3) is 0.875. The highest BCUT2D eigenvalue weighted by atomic mass is 16.6. The summed E-state index contributed by atoms with van der Waals surface area (Å²) in [5, 5.41) is 3.43. The van der Waals surface area contributed by atoms with Crippen LogP contribution in [0.15, 0.2) is 4.99 Å². The first-order valence-corrected chi connectivity index (χ1v) is 8.30. The zero-order chi connectivity index (χ0) is 16.2. The number of likely N-dealkylation sites (N-methyl/N-ethyl adjacent to an activating group) is 1. The molecule has 1 fully saturated rings. The third-order valence-corrected chi connectivity index (χ3v) is 4.13. The third kappa shape index (κ3) is 5.16. The van der Waals surface area contributed by atoms with Crippen molar-refractivity contribution in [3.05, 3.63) is 0 Å². The minimum atomic E-state index is -0.454. The van der Waals surface area contributed by atoms with Crippen LogP contribution in [0.5, 0.6) is 0 Å². The van der Waals surface area contributed by atoms with Crippen molar-refractivity contribution >= 4 is 11.9 Å². The monoisotopic (exact) mass is 310 g/mol. The lowest BCUT2D eigenvalue weighted by Gasteiger charge is -2.34. The minimum Gasteiger partial charge on any atom is -0.444 e. The number of ether oxygens (including phenoxy) is 1. The lowest BCUT2D eigenvalue weighted by Crippen LogP contribution is -2.50. The first-order chi connectivity index (χ1) is 10.3. The number of hydrogen-bond acceptors (Lipinski definition) is 5.